The summed E-state index contributed by atoms with van der Waals surface area (Å²) >= 11 is 0. The zero-order valence-electron chi connectivity index (χ0n) is 13.3. The van der Waals surface area contributed by atoms with Crippen LogP contribution in [-0.2, 0) is 20.1 Å². The summed E-state index contributed by atoms with van der Waals surface area (Å²) in [5, 5.41) is 8.01. The molecule has 4 nitrogen and oxygen atoms in total. The molecule has 2 heterocycles. The van der Waals surface area contributed by atoms with Crippen LogP contribution in [0, 0.1) is 27.7 Å². The Labute approximate surface area is 121 Å². The number of aromatic nitrogens is 3. The summed E-state index contributed by atoms with van der Waals surface area (Å²) in [7, 11) is 2.12. The molecule has 0 aliphatic heterocycles. The maximum Gasteiger partial charge on any atom is 0.0596 e. The largest absolute Gasteiger partial charge is 0.352 e. The van der Waals surface area contributed by atoms with Crippen molar-refractivity contribution in [2.24, 2.45) is 7.05 Å². The molecule has 1 N–H and O–H groups in total. The second kappa shape index (κ2) is 6.27. The Kier molecular flexibility index (Phi) is 4.65. The van der Waals surface area contributed by atoms with Gasteiger partial charge in [0.1, 0.15) is 0 Å². The van der Waals surface area contributed by atoms with Gasteiger partial charge in [-0.25, -0.2) is 0 Å². The molecule has 2 rings (SSSR count). The predicted octanol–water partition coefficient (Wildman–Crippen LogP) is 2.64. The van der Waals surface area contributed by atoms with E-state index in [0.717, 1.165) is 31.7 Å². The lowest BCUT2D eigenvalue weighted by atomic mass is 10.2. The van der Waals surface area contributed by atoms with Gasteiger partial charge in [-0.2, -0.15) is 5.10 Å². The third-order valence-electron chi connectivity index (χ3n) is 4.02. The van der Waals surface area contributed by atoms with Crippen LogP contribution < -0.4 is 5.32 Å². The summed E-state index contributed by atoms with van der Waals surface area (Å²) in [6.07, 6.45) is 1.10. The van der Waals surface area contributed by atoms with Crippen molar-refractivity contribution in [3.05, 3.63) is 40.5 Å². The fourth-order valence-electron chi connectivity index (χ4n) is 2.59. The van der Waals surface area contributed by atoms with Crippen LogP contribution in [-0.4, -0.2) is 20.9 Å². The molecule has 4 heteroatoms. The molecule has 0 aliphatic carbocycles. The predicted molar refractivity (Wildman–Crippen MR) is 82.9 cm³/mol. The molecular weight excluding hydrogens is 248 g/mol. The van der Waals surface area contributed by atoms with Gasteiger partial charge in [-0.1, -0.05) is 0 Å². The molecule has 0 bridgehead atoms. The molecule has 0 radical (unpaired) electrons. The molecule has 20 heavy (non-hydrogen) atoms. The first-order valence-electron chi connectivity index (χ1n) is 7.32. The molecule has 2 aromatic heterocycles. The number of hydrogen-bond acceptors (Lipinski definition) is 2. The Morgan fingerprint density at radius 3 is 2.40 bits per heavy atom. The smallest absolute Gasteiger partial charge is 0.0596 e. The van der Waals surface area contributed by atoms with Crippen molar-refractivity contribution in [3.8, 4) is 0 Å². The van der Waals surface area contributed by atoms with E-state index in [1.807, 2.05) is 6.92 Å². The summed E-state index contributed by atoms with van der Waals surface area (Å²) in [5.41, 5.74) is 6.43. The van der Waals surface area contributed by atoms with Gasteiger partial charge in [0.15, 0.2) is 0 Å². The third-order valence-corrected chi connectivity index (χ3v) is 4.02. The minimum Gasteiger partial charge on any atom is -0.352 e. The second-order valence-corrected chi connectivity index (χ2v) is 5.64. The van der Waals surface area contributed by atoms with E-state index in [9.17, 15) is 0 Å². The molecular formula is C16H26N4. The first kappa shape index (κ1) is 14.9. The number of rotatable bonds is 6. The van der Waals surface area contributed by atoms with Gasteiger partial charge in [0, 0.05) is 37.2 Å². The van der Waals surface area contributed by atoms with Crippen molar-refractivity contribution in [2.75, 3.05) is 6.54 Å². The van der Waals surface area contributed by atoms with Gasteiger partial charge in [0.05, 0.1) is 5.69 Å². The first-order chi connectivity index (χ1) is 9.49. The molecule has 0 saturated carbocycles. The summed E-state index contributed by atoms with van der Waals surface area (Å²) in [4.78, 5) is 0. The van der Waals surface area contributed by atoms with Crippen molar-refractivity contribution in [2.45, 2.75) is 47.2 Å². The van der Waals surface area contributed by atoms with Gasteiger partial charge < -0.3 is 9.88 Å². The van der Waals surface area contributed by atoms with E-state index in [4.69, 9.17) is 0 Å². The fourth-order valence-corrected chi connectivity index (χ4v) is 2.59. The Morgan fingerprint density at radius 1 is 1.10 bits per heavy atom. The molecule has 0 aliphatic rings. The van der Waals surface area contributed by atoms with E-state index in [2.05, 4.69) is 59.6 Å². The Balaban J connectivity index is 1.74. The van der Waals surface area contributed by atoms with Crippen molar-refractivity contribution >= 4 is 0 Å². The molecule has 0 unspecified atom stereocenters. The lowest BCUT2D eigenvalue weighted by molar-refractivity contribution is 0.531. The van der Waals surface area contributed by atoms with Crippen LogP contribution >= 0.6 is 0 Å². The number of aryl methyl sites for hydroxylation is 4. The Morgan fingerprint density at radius 2 is 1.85 bits per heavy atom. The van der Waals surface area contributed by atoms with Gasteiger partial charge in [-0.15, -0.1) is 0 Å². The second-order valence-electron chi connectivity index (χ2n) is 5.64. The highest BCUT2D eigenvalue weighted by Gasteiger charge is 2.05. The van der Waals surface area contributed by atoms with E-state index < -0.39 is 0 Å². The van der Waals surface area contributed by atoms with Crippen LogP contribution in [0.4, 0.5) is 0 Å². The van der Waals surface area contributed by atoms with E-state index in [-0.39, 0.29) is 0 Å². The maximum absolute atomic E-state index is 4.48. The lowest BCUT2D eigenvalue weighted by Gasteiger charge is -2.07. The summed E-state index contributed by atoms with van der Waals surface area (Å²) < 4.78 is 4.34. The molecule has 0 aromatic carbocycles. The van der Waals surface area contributed by atoms with Crippen LogP contribution in [0.2, 0.25) is 0 Å². The topological polar surface area (TPSA) is 34.8 Å². The van der Waals surface area contributed by atoms with E-state index in [1.165, 1.54) is 22.6 Å². The van der Waals surface area contributed by atoms with Crippen molar-refractivity contribution in [1.29, 1.82) is 0 Å². The summed E-state index contributed by atoms with van der Waals surface area (Å²) in [6, 6.07) is 4.40. The van der Waals surface area contributed by atoms with Crippen LogP contribution in [0.1, 0.15) is 34.8 Å². The average molecular weight is 274 g/mol. The zero-order valence-corrected chi connectivity index (χ0v) is 13.3. The molecule has 0 fully saturated rings. The van der Waals surface area contributed by atoms with Gasteiger partial charge in [-0.05, 0) is 58.4 Å². The van der Waals surface area contributed by atoms with Crippen molar-refractivity contribution in [1.82, 2.24) is 19.7 Å². The standard InChI is InChI=1S/C16H26N4/c1-12-9-14(3)20(18-12)8-6-7-17-11-16-10-13(2)19(5)15(16)4/h9-10,17H,6-8,11H2,1-5H3. The summed E-state index contributed by atoms with van der Waals surface area (Å²) in [6.45, 7) is 11.4. The Bertz CT molecular complexity index is 578. The first-order valence-corrected chi connectivity index (χ1v) is 7.32. The van der Waals surface area contributed by atoms with Gasteiger partial charge in [-0.3, -0.25) is 4.68 Å². The minimum atomic E-state index is 0.949. The number of nitrogens with one attached hydrogen (secondary N) is 1. The minimum absolute atomic E-state index is 0.949. The van der Waals surface area contributed by atoms with E-state index >= 15 is 0 Å². The molecule has 0 spiro atoms. The summed E-state index contributed by atoms with van der Waals surface area (Å²) in [5.74, 6) is 0. The number of hydrogen-bond donors (Lipinski definition) is 1. The van der Waals surface area contributed by atoms with Crippen LogP contribution in [0.3, 0.4) is 0 Å². The number of nitrogens with zero attached hydrogens (tertiary/aromatic N) is 3. The highest BCUT2D eigenvalue weighted by molar-refractivity contribution is 5.26. The molecule has 0 amide bonds. The van der Waals surface area contributed by atoms with Crippen molar-refractivity contribution in [3.63, 3.8) is 0 Å². The molecule has 0 saturated heterocycles. The van der Waals surface area contributed by atoms with Crippen LogP contribution in [0.15, 0.2) is 12.1 Å². The van der Waals surface area contributed by atoms with Gasteiger partial charge in [0.2, 0.25) is 0 Å². The normalized spacial score (nSPS) is 11.2. The highest BCUT2D eigenvalue weighted by atomic mass is 15.3. The van der Waals surface area contributed by atoms with Gasteiger partial charge in [0.25, 0.3) is 0 Å². The monoisotopic (exact) mass is 274 g/mol. The van der Waals surface area contributed by atoms with Gasteiger partial charge >= 0.3 is 0 Å². The maximum atomic E-state index is 4.48. The van der Waals surface area contributed by atoms with Crippen LogP contribution in [0.25, 0.3) is 0 Å². The van der Waals surface area contributed by atoms with Crippen molar-refractivity contribution < 1.29 is 0 Å². The SMILES string of the molecule is Cc1cc(C)n(CCCNCc2cc(C)n(C)c2C)n1. The van der Waals surface area contributed by atoms with Crippen LogP contribution in [0.5, 0.6) is 0 Å². The Hall–Kier alpha value is -1.55. The zero-order chi connectivity index (χ0) is 14.7. The molecule has 0 atom stereocenters. The molecule has 110 valence electrons. The molecule has 2 aromatic rings. The fraction of sp³-hybridized carbons (Fsp3) is 0.562. The quantitative estimate of drug-likeness (QED) is 0.822. The highest BCUT2D eigenvalue weighted by Crippen LogP contribution is 2.12. The average Bonchev–Trinajstić information content (AvgIpc) is 2.84. The lowest BCUT2D eigenvalue weighted by Crippen LogP contribution is -2.17. The third kappa shape index (κ3) is 3.31. The van der Waals surface area contributed by atoms with E-state index in [1.54, 1.807) is 0 Å². The van der Waals surface area contributed by atoms with E-state index in [0.29, 0.717) is 0 Å².